The Morgan fingerprint density at radius 1 is 0.528 bits per heavy atom. The Balaban J connectivity index is 1.28. The summed E-state index contributed by atoms with van der Waals surface area (Å²) >= 11 is 33.0. The lowest BCUT2D eigenvalue weighted by molar-refractivity contribution is 0.395. The van der Waals surface area contributed by atoms with Crippen molar-refractivity contribution in [3.8, 4) is 0 Å². The quantitative estimate of drug-likeness (QED) is 0.108. The first-order valence-corrected chi connectivity index (χ1v) is 23.7. The van der Waals surface area contributed by atoms with Gasteiger partial charge >= 0.3 is 0 Å². The SMILES string of the molecule is SC(CCSC1CSC1)CC(CSC1CSC1)C(S)C(CSC1CSC1)CC(S)CCSC1CSC1. The van der Waals surface area contributed by atoms with Gasteiger partial charge in [-0.2, -0.15) is 132 Å². The van der Waals surface area contributed by atoms with E-state index in [0.717, 1.165) is 21.0 Å². The molecule has 4 fully saturated rings. The van der Waals surface area contributed by atoms with Gasteiger partial charge in [0.25, 0.3) is 0 Å². The third kappa shape index (κ3) is 11.9. The third-order valence-corrected chi connectivity index (χ3v) is 21.2. The Hall–Kier alpha value is 3.85. The number of thiol groups is 3. The minimum atomic E-state index is 0.473. The average Bonchev–Trinajstić information content (AvgIpc) is 2.73. The molecule has 0 nitrogen and oxygen atoms in total. The molecule has 4 unspecified atom stereocenters. The van der Waals surface area contributed by atoms with Gasteiger partial charge in [0.05, 0.1) is 0 Å². The highest BCUT2D eigenvalue weighted by Crippen LogP contribution is 2.40. The fourth-order valence-corrected chi connectivity index (χ4v) is 16.7. The first kappa shape index (κ1) is 32.8. The summed E-state index contributed by atoms with van der Waals surface area (Å²) in [6.45, 7) is 0. The van der Waals surface area contributed by atoms with Gasteiger partial charge in [-0.1, -0.05) is 0 Å². The summed E-state index contributed by atoms with van der Waals surface area (Å²) in [6.07, 6.45) is 4.97. The molecule has 0 spiro atoms. The standard InChI is InChI=1S/C25H44S11/c26-19(1-3-33-21-9-29-10-21)5-17(7-35-23-13-31-14-23)25(28)18(8-36-24-15-32-16-24)6-20(27)2-4-34-22-11-30-12-22/h17-28H,1-16H2. The Morgan fingerprint density at radius 2 is 0.861 bits per heavy atom. The molecule has 0 N–H and O–H groups in total. The maximum atomic E-state index is 5.44. The summed E-state index contributed by atoms with van der Waals surface area (Å²) < 4.78 is 0. The largest absolute Gasteiger partial charge is 0.176 e. The van der Waals surface area contributed by atoms with Crippen molar-refractivity contribution < 1.29 is 0 Å². The predicted molar refractivity (Wildman–Crippen MR) is 198 cm³/mol. The molecule has 210 valence electrons. The molecule has 4 atom stereocenters. The van der Waals surface area contributed by atoms with E-state index in [4.69, 9.17) is 37.9 Å². The van der Waals surface area contributed by atoms with Crippen molar-refractivity contribution >= 4 is 132 Å². The molecular weight excluding hydrogens is 653 g/mol. The van der Waals surface area contributed by atoms with E-state index in [9.17, 15) is 0 Å². The van der Waals surface area contributed by atoms with Crippen molar-refractivity contribution in [2.45, 2.75) is 62.4 Å². The maximum Gasteiger partial charge on any atom is 0.0228 e. The van der Waals surface area contributed by atoms with Crippen LogP contribution in [0.2, 0.25) is 0 Å². The van der Waals surface area contributed by atoms with Crippen LogP contribution < -0.4 is 0 Å². The van der Waals surface area contributed by atoms with E-state index in [1.165, 1.54) is 94.7 Å². The monoisotopic (exact) mass is 696 g/mol. The third-order valence-electron chi connectivity index (χ3n) is 7.25. The summed E-state index contributed by atoms with van der Waals surface area (Å²) in [6, 6.07) is 0. The number of thioether (sulfide) groups is 8. The van der Waals surface area contributed by atoms with E-state index in [0.29, 0.717) is 27.6 Å². The van der Waals surface area contributed by atoms with Crippen LogP contribution in [-0.4, -0.2) is 106 Å². The molecule has 4 rings (SSSR count). The van der Waals surface area contributed by atoms with Crippen molar-refractivity contribution in [2.75, 3.05) is 69.0 Å². The smallest absolute Gasteiger partial charge is 0.0228 e. The van der Waals surface area contributed by atoms with Gasteiger partial charge in [0.15, 0.2) is 0 Å². The summed E-state index contributed by atoms with van der Waals surface area (Å²) in [5.41, 5.74) is 0. The van der Waals surface area contributed by atoms with Crippen molar-refractivity contribution in [3.63, 3.8) is 0 Å². The predicted octanol–water partition coefficient (Wildman–Crippen LogP) is 8.07. The van der Waals surface area contributed by atoms with Crippen LogP contribution in [0.5, 0.6) is 0 Å². The Bertz CT molecular complexity index is 545. The molecule has 0 radical (unpaired) electrons. The van der Waals surface area contributed by atoms with Gasteiger partial charge in [-0.25, -0.2) is 0 Å². The van der Waals surface area contributed by atoms with Crippen molar-refractivity contribution in [2.24, 2.45) is 11.8 Å². The Morgan fingerprint density at radius 3 is 1.17 bits per heavy atom. The van der Waals surface area contributed by atoms with E-state index in [-0.39, 0.29) is 0 Å². The van der Waals surface area contributed by atoms with Crippen LogP contribution in [0, 0.1) is 11.8 Å². The van der Waals surface area contributed by atoms with Gasteiger partial charge in [0.2, 0.25) is 0 Å². The fourth-order valence-electron chi connectivity index (χ4n) is 4.43. The van der Waals surface area contributed by atoms with Gasteiger partial charge in [-0.05, 0) is 60.5 Å². The lowest BCUT2D eigenvalue weighted by Crippen LogP contribution is -2.34. The maximum absolute atomic E-state index is 5.44. The zero-order valence-corrected chi connectivity index (χ0v) is 30.3. The minimum Gasteiger partial charge on any atom is -0.176 e. The van der Waals surface area contributed by atoms with E-state index in [1.807, 2.05) is 0 Å². The Labute approximate surface area is 272 Å². The van der Waals surface area contributed by atoms with Crippen LogP contribution in [0.1, 0.15) is 25.7 Å². The average molecular weight is 697 g/mol. The van der Waals surface area contributed by atoms with Gasteiger partial charge in [-0.3, -0.25) is 0 Å². The van der Waals surface area contributed by atoms with Crippen LogP contribution in [0.25, 0.3) is 0 Å². The fraction of sp³-hybridized carbons (Fsp3) is 1.00. The highest BCUT2D eigenvalue weighted by molar-refractivity contribution is 8.08. The topological polar surface area (TPSA) is 0 Å². The first-order valence-electron chi connectivity index (χ1n) is 13.4. The normalized spacial score (nSPS) is 25.8. The van der Waals surface area contributed by atoms with E-state index < -0.39 is 0 Å². The summed E-state index contributed by atoms with van der Waals surface area (Å²) in [5, 5.41) is 5.08. The molecule has 4 aliphatic heterocycles. The summed E-state index contributed by atoms with van der Waals surface area (Å²) in [5.74, 6) is 17.3. The van der Waals surface area contributed by atoms with E-state index >= 15 is 0 Å². The second-order valence-corrected chi connectivity index (χ2v) is 22.3. The Kier molecular flexibility index (Phi) is 16.8. The minimum absolute atomic E-state index is 0.473. The second kappa shape index (κ2) is 18.5. The molecule has 0 amide bonds. The summed E-state index contributed by atoms with van der Waals surface area (Å²) in [7, 11) is 0. The first-order chi connectivity index (χ1) is 17.6. The molecule has 0 saturated carbocycles. The van der Waals surface area contributed by atoms with Crippen molar-refractivity contribution in [1.82, 2.24) is 0 Å². The van der Waals surface area contributed by atoms with E-state index in [2.05, 4.69) is 94.1 Å². The van der Waals surface area contributed by atoms with Crippen LogP contribution in [0.15, 0.2) is 0 Å². The second-order valence-electron chi connectivity index (χ2n) is 10.4. The molecule has 4 aliphatic rings. The molecule has 4 saturated heterocycles. The lowest BCUT2D eigenvalue weighted by atomic mass is 9.88. The molecular formula is C25H44S11. The van der Waals surface area contributed by atoms with E-state index in [1.54, 1.807) is 0 Å². The number of hydrogen-bond donors (Lipinski definition) is 3. The van der Waals surface area contributed by atoms with Crippen LogP contribution in [-0.2, 0) is 0 Å². The van der Waals surface area contributed by atoms with Gasteiger partial charge in [-0.15, -0.1) is 0 Å². The molecule has 0 bridgehead atoms. The zero-order chi connectivity index (χ0) is 25.2. The molecule has 11 heteroatoms. The van der Waals surface area contributed by atoms with Crippen LogP contribution in [0.3, 0.4) is 0 Å². The molecule has 0 aromatic heterocycles. The van der Waals surface area contributed by atoms with Crippen molar-refractivity contribution in [1.29, 1.82) is 0 Å². The number of rotatable bonds is 20. The number of hydrogen-bond acceptors (Lipinski definition) is 11. The van der Waals surface area contributed by atoms with Crippen molar-refractivity contribution in [3.05, 3.63) is 0 Å². The van der Waals surface area contributed by atoms with Gasteiger partial charge in [0, 0.05) is 82.8 Å². The van der Waals surface area contributed by atoms with Crippen LogP contribution >= 0.6 is 132 Å². The van der Waals surface area contributed by atoms with Gasteiger partial charge in [0.1, 0.15) is 0 Å². The molecule has 4 heterocycles. The molecule has 36 heavy (non-hydrogen) atoms. The molecule has 0 aromatic carbocycles. The molecule has 0 aliphatic carbocycles. The lowest BCUT2D eigenvalue weighted by Gasteiger charge is -2.36. The van der Waals surface area contributed by atoms with Gasteiger partial charge < -0.3 is 0 Å². The zero-order valence-electron chi connectivity index (χ0n) is 21.1. The highest BCUT2D eigenvalue weighted by Gasteiger charge is 2.32. The highest BCUT2D eigenvalue weighted by atomic mass is 32.2. The summed E-state index contributed by atoms with van der Waals surface area (Å²) in [4.78, 5) is 0. The van der Waals surface area contributed by atoms with Crippen LogP contribution in [0.4, 0.5) is 0 Å². The molecule has 0 aromatic rings.